The first-order chi connectivity index (χ1) is 14.2. The molecule has 3 rings (SSSR count). The van der Waals surface area contributed by atoms with Gasteiger partial charge >= 0.3 is 0 Å². The van der Waals surface area contributed by atoms with Gasteiger partial charge in [-0.25, -0.2) is 0 Å². The maximum atomic E-state index is 12.0. The Kier molecular flexibility index (Phi) is 7.33. The summed E-state index contributed by atoms with van der Waals surface area (Å²) in [6, 6.07) is 13.3. The van der Waals surface area contributed by atoms with Crippen LogP contribution in [0.25, 0.3) is 0 Å². The lowest BCUT2D eigenvalue weighted by Crippen LogP contribution is -2.29. The highest BCUT2D eigenvalue weighted by Crippen LogP contribution is 2.27. The van der Waals surface area contributed by atoms with Gasteiger partial charge in [0.15, 0.2) is 18.1 Å². The van der Waals surface area contributed by atoms with E-state index in [1.54, 1.807) is 26.4 Å². The van der Waals surface area contributed by atoms with Gasteiger partial charge in [-0.3, -0.25) is 4.79 Å². The molecule has 154 valence electrons. The van der Waals surface area contributed by atoms with Crippen LogP contribution in [0.4, 0.5) is 11.4 Å². The molecule has 1 aliphatic rings. The predicted octanol–water partition coefficient (Wildman–Crippen LogP) is 3.68. The molecule has 1 fully saturated rings. The molecule has 29 heavy (non-hydrogen) atoms. The maximum Gasteiger partial charge on any atom is 0.265 e. The quantitative estimate of drug-likeness (QED) is 0.543. The smallest absolute Gasteiger partial charge is 0.265 e. The summed E-state index contributed by atoms with van der Waals surface area (Å²) in [7, 11) is 3.15. The molecule has 0 radical (unpaired) electrons. The number of nitrogens with one attached hydrogen (secondary N) is 1. The highest BCUT2D eigenvalue weighted by Gasteiger charge is 2.11. The number of methoxy groups -OCH3 is 2. The zero-order valence-electron chi connectivity index (χ0n) is 16.9. The van der Waals surface area contributed by atoms with E-state index in [1.165, 1.54) is 31.2 Å². The lowest BCUT2D eigenvalue weighted by atomic mass is 10.1. The summed E-state index contributed by atoms with van der Waals surface area (Å²) in [6.07, 6.45) is 5.29. The summed E-state index contributed by atoms with van der Waals surface area (Å²) in [5.41, 5.74) is 2.71. The van der Waals surface area contributed by atoms with Gasteiger partial charge in [-0.2, -0.15) is 0 Å². The third kappa shape index (κ3) is 5.88. The number of oxime groups is 1. The summed E-state index contributed by atoms with van der Waals surface area (Å²) in [6.45, 7) is 2.02. The van der Waals surface area contributed by atoms with Crippen molar-refractivity contribution in [1.29, 1.82) is 0 Å². The second-order valence-electron chi connectivity index (χ2n) is 6.77. The third-order valence-corrected chi connectivity index (χ3v) is 4.75. The molecular weight excluding hydrogens is 370 g/mol. The monoisotopic (exact) mass is 397 g/mol. The zero-order chi connectivity index (χ0) is 20.5. The summed E-state index contributed by atoms with van der Waals surface area (Å²) in [4.78, 5) is 19.5. The van der Waals surface area contributed by atoms with Crippen LogP contribution in [0.5, 0.6) is 11.5 Å². The van der Waals surface area contributed by atoms with Gasteiger partial charge in [0.2, 0.25) is 0 Å². The topological polar surface area (TPSA) is 72.4 Å². The van der Waals surface area contributed by atoms with Gasteiger partial charge in [-0.1, -0.05) is 5.16 Å². The van der Waals surface area contributed by atoms with Crippen LogP contribution in [0, 0.1) is 0 Å². The lowest BCUT2D eigenvalue weighted by Gasteiger charge is -2.28. The minimum Gasteiger partial charge on any atom is -0.493 e. The first kappa shape index (κ1) is 20.5. The number of carbonyl (C=O) groups excluding carboxylic acids is 1. The molecule has 2 aromatic carbocycles. The molecule has 0 bridgehead atoms. The number of anilines is 2. The van der Waals surface area contributed by atoms with Crippen molar-refractivity contribution < 1.29 is 19.1 Å². The summed E-state index contributed by atoms with van der Waals surface area (Å²) in [5.74, 6) is 0.971. The molecule has 2 aromatic rings. The Balaban J connectivity index is 1.45. The summed E-state index contributed by atoms with van der Waals surface area (Å²) < 4.78 is 10.4. The normalized spacial score (nSPS) is 13.9. The lowest BCUT2D eigenvalue weighted by molar-refractivity contribution is -0.120. The number of amides is 1. The Morgan fingerprint density at radius 3 is 2.45 bits per heavy atom. The van der Waals surface area contributed by atoms with Crippen molar-refractivity contribution in [3.05, 3.63) is 48.0 Å². The number of carbonyl (C=O) groups is 1. The van der Waals surface area contributed by atoms with E-state index >= 15 is 0 Å². The Hall–Kier alpha value is -3.22. The van der Waals surface area contributed by atoms with Gasteiger partial charge in [0, 0.05) is 30.0 Å². The molecule has 0 atom stereocenters. The minimum atomic E-state index is -0.264. The number of rotatable bonds is 8. The van der Waals surface area contributed by atoms with E-state index < -0.39 is 0 Å². The SMILES string of the molecule is COc1ccc(/C=N\OCC(=O)Nc2ccc(N3CCCCC3)cc2)cc1OC. The molecule has 1 amide bonds. The maximum absolute atomic E-state index is 12.0. The number of hydrogen-bond acceptors (Lipinski definition) is 6. The van der Waals surface area contributed by atoms with Crippen molar-refractivity contribution in [2.24, 2.45) is 5.16 Å². The minimum absolute atomic E-state index is 0.169. The molecule has 7 heteroatoms. The molecule has 0 saturated carbocycles. The van der Waals surface area contributed by atoms with Crippen LogP contribution in [0.3, 0.4) is 0 Å². The van der Waals surface area contributed by atoms with E-state index in [4.69, 9.17) is 14.3 Å². The number of ether oxygens (including phenoxy) is 2. The molecule has 1 N–H and O–H groups in total. The largest absolute Gasteiger partial charge is 0.493 e. The average Bonchev–Trinajstić information content (AvgIpc) is 2.77. The fraction of sp³-hybridized carbons (Fsp3) is 0.364. The van der Waals surface area contributed by atoms with Gasteiger partial charge in [0.05, 0.1) is 20.4 Å². The third-order valence-electron chi connectivity index (χ3n) is 4.75. The molecular formula is C22H27N3O4. The van der Waals surface area contributed by atoms with E-state index in [9.17, 15) is 4.79 Å². The van der Waals surface area contributed by atoms with Crippen molar-refractivity contribution in [3.8, 4) is 11.5 Å². The Morgan fingerprint density at radius 1 is 1.03 bits per heavy atom. The second-order valence-corrected chi connectivity index (χ2v) is 6.77. The summed E-state index contributed by atoms with van der Waals surface area (Å²) in [5, 5.41) is 6.65. The molecule has 1 saturated heterocycles. The van der Waals surface area contributed by atoms with Gasteiger partial charge in [0.1, 0.15) is 0 Å². The predicted molar refractivity (Wildman–Crippen MR) is 114 cm³/mol. The van der Waals surface area contributed by atoms with E-state index in [-0.39, 0.29) is 12.5 Å². The first-order valence-corrected chi connectivity index (χ1v) is 9.72. The standard InChI is InChI=1S/C22H27N3O4/c1-27-20-11-6-17(14-21(20)28-2)15-23-29-16-22(26)24-18-7-9-19(10-8-18)25-12-4-3-5-13-25/h6-11,14-15H,3-5,12-13,16H2,1-2H3,(H,24,26)/b23-15-. The number of hydrogen-bond donors (Lipinski definition) is 1. The number of benzene rings is 2. The molecule has 0 spiro atoms. The van der Waals surface area contributed by atoms with Crippen LogP contribution < -0.4 is 19.7 Å². The highest BCUT2D eigenvalue weighted by molar-refractivity contribution is 5.92. The fourth-order valence-electron chi connectivity index (χ4n) is 3.23. The van der Waals surface area contributed by atoms with Crippen LogP contribution in [0.1, 0.15) is 24.8 Å². The first-order valence-electron chi connectivity index (χ1n) is 9.72. The van der Waals surface area contributed by atoms with Gasteiger partial charge in [-0.15, -0.1) is 0 Å². The molecule has 0 unspecified atom stereocenters. The van der Waals surface area contributed by atoms with Crippen molar-refractivity contribution in [1.82, 2.24) is 0 Å². The highest BCUT2D eigenvalue weighted by atomic mass is 16.6. The molecule has 0 aliphatic carbocycles. The van der Waals surface area contributed by atoms with Crippen molar-refractivity contribution in [2.45, 2.75) is 19.3 Å². The van der Waals surface area contributed by atoms with Gasteiger partial charge in [0.25, 0.3) is 5.91 Å². The second kappa shape index (κ2) is 10.4. The number of nitrogens with zero attached hydrogens (tertiary/aromatic N) is 2. The van der Waals surface area contributed by atoms with Crippen LogP contribution in [-0.4, -0.2) is 46.0 Å². The molecule has 7 nitrogen and oxygen atoms in total. The van der Waals surface area contributed by atoms with Gasteiger partial charge < -0.3 is 24.5 Å². The van der Waals surface area contributed by atoms with E-state index in [2.05, 4.69) is 15.4 Å². The van der Waals surface area contributed by atoms with E-state index in [0.717, 1.165) is 24.3 Å². The van der Waals surface area contributed by atoms with E-state index in [1.807, 2.05) is 30.3 Å². The van der Waals surface area contributed by atoms with Crippen molar-refractivity contribution in [3.63, 3.8) is 0 Å². The van der Waals surface area contributed by atoms with Crippen LogP contribution in [-0.2, 0) is 9.63 Å². The van der Waals surface area contributed by atoms with E-state index in [0.29, 0.717) is 11.5 Å². The number of piperidine rings is 1. The average molecular weight is 397 g/mol. The van der Waals surface area contributed by atoms with Crippen LogP contribution in [0.15, 0.2) is 47.6 Å². The van der Waals surface area contributed by atoms with Crippen molar-refractivity contribution in [2.75, 3.05) is 44.1 Å². The molecule has 0 aromatic heterocycles. The molecule has 1 aliphatic heterocycles. The van der Waals surface area contributed by atoms with Crippen LogP contribution >= 0.6 is 0 Å². The fourth-order valence-corrected chi connectivity index (χ4v) is 3.23. The Morgan fingerprint density at radius 2 is 1.76 bits per heavy atom. The van der Waals surface area contributed by atoms with Gasteiger partial charge in [-0.05, 0) is 61.7 Å². The Bertz CT molecular complexity index is 830. The van der Waals surface area contributed by atoms with Crippen molar-refractivity contribution >= 4 is 23.5 Å². The van der Waals surface area contributed by atoms with Crippen LogP contribution in [0.2, 0.25) is 0 Å². The summed E-state index contributed by atoms with van der Waals surface area (Å²) >= 11 is 0. The molecule has 1 heterocycles. The Labute approximate surface area is 171 Å². The zero-order valence-corrected chi connectivity index (χ0v) is 16.9.